The largest absolute Gasteiger partial charge is 0.295 e. The molecule has 2 aromatic rings. The number of hydrogen-bond donors (Lipinski definition) is 0. The molecule has 1 aromatic heterocycles. The second-order valence-corrected chi connectivity index (χ2v) is 6.09. The highest BCUT2D eigenvalue weighted by Crippen LogP contribution is 2.28. The van der Waals surface area contributed by atoms with E-state index in [0.717, 1.165) is 11.3 Å². The first-order valence-corrected chi connectivity index (χ1v) is 6.86. The second-order valence-electron chi connectivity index (χ2n) is 6.09. The van der Waals surface area contributed by atoms with Crippen LogP contribution in [0.3, 0.4) is 0 Å². The molecule has 3 heteroatoms. The molecule has 0 unspecified atom stereocenters. The van der Waals surface area contributed by atoms with Gasteiger partial charge in [0.05, 0.1) is 17.3 Å². The van der Waals surface area contributed by atoms with E-state index in [-0.39, 0.29) is 11.2 Å². The maximum atomic E-state index is 11.8. The van der Waals surface area contributed by atoms with Crippen LogP contribution < -0.4 is 0 Å². The molecule has 106 valence electrons. The molecule has 0 saturated heterocycles. The van der Waals surface area contributed by atoms with E-state index >= 15 is 0 Å². The van der Waals surface area contributed by atoms with Gasteiger partial charge in [0.15, 0.2) is 5.78 Å². The molecule has 1 aromatic carbocycles. The van der Waals surface area contributed by atoms with Crippen LogP contribution in [-0.4, -0.2) is 10.8 Å². The van der Waals surface area contributed by atoms with Gasteiger partial charge in [0.2, 0.25) is 0 Å². The number of rotatable bonds is 2. The molecule has 1 heterocycles. The molecule has 0 atom stereocenters. The van der Waals surface area contributed by atoms with Crippen molar-refractivity contribution < 1.29 is 4.79 Å². The number of aromatic nitrogens is 1. The van der Waals surface area contributed by atoms with Crippen LogP contribution in [0, 0.1) is 11.3 Å². The molecule has 0 radical (unpaired) electrons. The van der Waals surface area contributed by atoms with E-state index in [1.807, 2.05) is 24.3 Å². The van der Waals surface area contributed by atoms with Crippen molar-refractivity contribution in [2.45, 2.75) is 33.1 Å². The number of carbonyl (C=O) groups excluding carboxylic acids is 1. The average Bonchev–Trinajstić information content (AvgIpc) is 2.45. The predicted octanol–water partition coefficient (Wildman–Crippen LogP) is 4.12. The number of nitrogens with zero attached hydrogens (tertiary/aromatic N) is 2. The Labute approximate surface area is 125 Å². The van der Waals surface area contributed by atoms with Gasteiger partial charge in [0, 0.05) is 22.2 Å². The van der Waals surface area contributed by atoms with Crippen molar-refractivity contribution in [1.82, 2.24) is 4.98 Å². The average molecular weight is 278 g/mol. The second kappa shape index (κ2) is 5.49. The summed E-state index contributed by atoms with van der Waals surface area (Å²) < 4.78 is 0. The van der Waals surface area contributed by atoms with Crippen molar-refractivity contribution in [1.29, 1.82) is 5.26 Å². The van der Waals surface area contributed by atoms with Crippen molar-refractivity contribution in [2.75, 3.05) is 0 Å². The number of Topliss-reactive ketones (excluding diaryl/α,β-unsaturated/α-hetero) is 1. The molecular weight excluding hydrogens is 260 g/mol. The number of nitriles is 1. The van der Waals surface area contributed by atoms with Gasteiger partial charge in [-0.05, 0) is 25.1 Å². The Kier molecular flexibility index (Phi) is 3.90. The van der Waals surface area contributed by atoms with Crippen LogP contribution in [0.2, 0.25) is 0 Å². The molecule has 0 N–H and O–H groups in total. The van der Waals surface area contributed by atoms with Gasteiger partial charge < -0.3 is 0 Å². The van der Waals surface area contributed by atoms with Crippen molar-refractivity contribution in [3.8, 4) is 17.3 Å². The summed E-state index contributed by atoms with van der Waals surface area (Å²) in [5, 5.41) is 9.24. The van der Waals surface area contributed by atoms with E-state index in [9.17, 15) is 10.1 Å². The lowest BCUT2D eigenvalue weighted by Gasteiger charge is -2.20. The smallest absolute Gasteiger partial charge is 0.159 e. The first-order valence-electron chi connectivity index (χ1n) is 6.86. The van der Waals surface area contributed by atoms with E-state index < -0.39 is 0 Å². The first kappa shape index (κ1) is 14.9. The summed E-state index contributed by atoms with van der Waals surface area (Å²) in [7, 11) is 0. The standard InChI is InChI=1S/C18H18N2O/c1-12(21)14-9-16(20-17(10-14)18(2,3)4)15-8-6-5-7-13(15)11-19/h5-10H,1-4H3. The molecule has 0 spiro atoms. The van der Waals surface area contributed by atoms with Crippen LogP contribution in [0.5, 0.6) is 0 Å². The van der Waals surface area contributed by atoms with Gasteiger partial charge in [-0.25, -0.2) is 0 Å². The molecule has 21 heavy (non-hydrogen) atoms. The molecule has 0 fully saturated rings. The zero-order valence-electron chi connectivity index (χ0n) is 12.8. The zero-order chi connectivity index (χ0) is 15.6. The molecule has 3 nitrogen and oxygen atoms in total. The van der Waals surface area contributed by atoms with Gasteiger partial charge in [-0.3, -0.25) is 9.78 Å². The normalized spacial score (nSPS) is 11.0. The minimum Gasteiger partial charge on any atom is -0.295 e. The SMILES string of the molecule is CC(=O)c1cc(-c2ccccc2C#N)nc(C(C)(C)C)c1. The van der Waals surface area contributed by atoms with Crippen LogP contribution in [0.25, 0.3) is 11.3 Å². The van der Waals surface area contributed by atoms with Gasteiger partial charge in [0.1, 0.15) is 0 Å². The van der Waals surface area contributed by atoms with Crippen LogP contribution in [-0.2, 0) is 5.41 Å². The Morgan fingerprint density at radius 2 is 1.86 bits per heavy atom. The summed E-state index contributed by atoms with van der Waals surface area (Å²) in [6.45, 7) is 7.71. The lowest BCUT2D eigenvalue weighted by atomic mass is 9.89. The minimum absolute atomic E-state index is 0.00131. The number of carbonyl (C=O) groups is 1. The Bertz CT molecular complexity index is 734. The van der Waals surface area contributed by atoms with E-state index in [4.69, 9.17) is 0 Å². The number of benzene rings is 1. The first-order chi connectivity index (χ1) is 9.82. The molecule has 0 amide bonds. The van der Waals surface area contributed by atoms with Gasteiger partial charge in [-0.2, -0.15) is 5.26 Å². The Morgan fingerprint density at radius 3 is 2.43 bits per heavy atom. The van der Waals surface area contributed by atoms with Gasteiger partial charge in [0.25, 0.3) is 0 Å². The fraction of sp³-hybridized carbons (Fsp3) is 0.278. The lowest BCUT2D eigenvalue weighted by Crippen LogP contribution is -2.15. The van der Waals surface area contributed by atoms with E-state index in [2.05, 4.69) is 31.8 Å². The summed E-state index contributed by atoms with van der Waals surface area (Å²) in [4.78, 5) is 16.4. The maximum Gasteiger partial charge on any atom is 0.159 e. The van der Waals surface area contributed by atoms with E-state index in [1.54, 1.807) is 19.1 Å². The third kappa shape index (κ3) is 3.17. The van der Waals surface area contributed by atoms with Crippen LogP contribution in [0.4, 0.5) is 0 Å². The van der Waals surface area contributed by atoms with Crippen molar-refractivity contribution in [3.05, 3.63) is 53.2 Å². The lowest BCUT2D eigenvalue weighted by molar-refractivity contribution is 0.101. The topological polar surface area (TPSA) is 53.8 Å². The number of hydrogen-bond acceptors (Lipinski definition) is 3. The van der Waals surface area contributed by atoms with Gasteiger partial charge in [-0.15, -0.1) is 0 Å². The molecule has 0 bridgehead atoms. The summed E-state index contributed by atoms with van der Waals surface area (Å²) in [6.07, 6.45) is 0. The monoisotopic (exact) mass is 278 g/mol. The Morgan fingerprint density at radius 1 is 1.19 bits per heavy atom. The summed E-state index contributed by atoms with van der Waals surface area (Å²) >= 11 is 0. The van der Waals surface area contributed by atoms with Crippen LogP contribution >= 0.6 is 0 Å². The highest BCUT2D eigenvalue weighted by Gasteiger charge is 2.19. The molecule has 2 rings (SSSR count). The van der Waals surface area contributed by atoms with E-state index in [0.29, 0.717) is 16.8 Å². The third-order valence-corrected chi connectivity index (χ3v) is 3.32. The van der Waals surface area contributed by atoms with Crippen LogP contribution in [0.1, 0.15) is 49.3 Å². The minimum atomic E-state index is -0.165. The van der Waals surface area contributed by atoms with Gasteiger partial charge in [-0.1, -0.05) is 39.0 Å². The predicted molar refractivity (Wildman–Crippen MR) is 83.1 cm³/mol. The third-order valence-electron chi connectivity index (χ3n) is 3.32. The molecule has 0 aliphatic rings. The highest BCUT2D eigenvalue weighted by atomic mass is 16.1. The van der Waals surface area contributed by atoms with Crippen molar-refractivity contribution >= 4 is 5.78 Å². The van der Waals surface area contributed by atoms with Crippen LogP contribution in [0.15, 0.2) is 36.4 Å². The Balaban J connectivity index is 2.72. The molecular formula is C18H18N2O. The zero-order valence-corrected chi connectivity index (χ0v) is 12.8. The number of ketones is 1. The number of pyridine rings is 1. The van der Waals surface area contributed by atoms with Gasteiger partial charge >= 0.3 is 0 Å². The van der Waals surface area contributed by atoms with Crippen molar-refractivity contribution in [2.24, 2.45) is 0 Å². The quantitative estimate of drug-likeness (QED) is 0.776. The highest BCUT2D eigenvalue weighted by molar-refractivity contribution is 5.95. The summed E-state index contributed by atoms with van der Waals surface area (Å²) in [6, 6.07) is 13.1. The molecule has 0 saturated carbocycles. The van der Waals surface area contributed by atoms with Crippen molar-refractivity contribution in [3.63, 3.8) is 0 Å². The van der Waals surface area contributed by atoms with E-state index in [1.165, 1.54) is 0 Å². The summed E-state index contributed by atoms with van der Waals surface area (Å²) in [5.41, 5.74) is 3.29. The fourth-order valence-electron chi connectivity index (χ4n) is 2.06. The fourth-order valence-corrected chi connectivity index (χ4v) is 2.06. The molecule has 0 aliphatic heterocycles. The molecule has 0 aliphatic carbocycles. The maximum absolute atomic E-state index is 11.8. The Hall–Kier alpha value is -2.47. The summed E-state index contributed by atoms with van der Waals surface area (Å²) in [5.74, 6) is -0.00131.